The van der Waals surface area contributed by atoms with Crippen molar-refractivity contribution >= 4 is 17.3 Å². The van der Waals surface area contributed by atoms with Gasteiger partial charge in [0.1, 0.15) is 5.41 Å². The molecule has 0 unspecified atom stereocenters. The monoisotopic (exact) mass is 348 g/mol. The predicted octanol–water partition coefficient (Wildman–Crippen LogP) is 4.79. The van der Waals surface area contributed by atoms with E-state index in [9.17, 15) is 9.59 Å². The van der Waals surface area contributed by atoms with Crippen molar-refractivity contribution in [2.45, 2.75) is 32.6 Å². The van der Waals surface area contributed by atoms with E-state index in [0.717, 1.165) is 16.7 Å². The first-order valence-corrected chi connectivity index (χ1v) is 9.16. The summed E-state index contributed by atoms with van der Waals surface area (Å²) < 4.78 is 5.35. The van der Waals surface area contributed by atoms with Crippen LogP contribution in [-0.2, 0) is 14.3 Å². The lowest BCUT2D eigenvalue weighted by molar-refractivity contribution is -0.161. The SMILES string of the molecule is CCOC(=O)[C@]1(CC)C(=O)C=C(c2ccccc2)C[C@H]1c1ccccc1. The van der Waals surface area contributed by atoms with Gasteiger partial charge in [0, 0.05) is 5.92 Å². The van der Waals surface area contributed by atoms with Gasteiger partial charge in [-0.1, -0.05) is 67.6 Å². The largest absolute Gasteiger partial charge is 0.465 e. The van der Waals surface area contributed by atoms with Crippen LogP contribution in [0.3, 0.4) is 0 Å². The topological polar surface area (TPSA) is 43.4 Å². The zero-order valence-electron chi connectivity index (χ0n) is 15.3. The van der Waals surface area contributed by atoms with Crippen LogP contribution in [0.15, 0.2) is 66.7 Å². The smallest absolute Gasteiger partial charge is 0.320 e. The number of ether oxygens (including phenoxy) is 1. The number of ketones is 1. The van der Waals surface area contributed by atoms with Crippen molar-refractivity contribution in [2.24, 2.45) is 5.41 Å². The van der Waals surface area contributed by atoms with Crippen molar-refractivity contribution in [3.05, 3.63) is 77.9 Å². The van der Waals surface area contributed by atoms with Crippen molar-refractivity contribution in [3.8, 4) is 0 Å². The van der Waals surface area contributed by atoms with Crippen LogP contribution in [0.5, 0.6) is 0 Å². The Morgan fingerprint density at radius 3 is 2.23 bits per heavy atom. The molecule has 134 valence electrons. The van der Waals surface area contributed by atoms with E-state index in [-0.39, 0.29) is 18.3 Å². The summed E-state index contributed by atoms with van der Waals surface area (Å²) in [6.45, 7) is 3.94. The summed E-state index contributed by atoms with van der Waals surface area (Å²) in [6, 6.07) is 19.7. The van der Waals surface area contributed by atoms with Crippen molar-refractivity contribution in [1.82, 2.24) is 0 Å². The van der Waals surface area contributed by atoms with Crippen LogP contribution in [-0.4, -0.2) is 18.4 Å². The molecule has 2 aromatic carbocycles. The maximum Gasteiger partial charge on any atom is 0.320 e. The Kier molecular flexibility index (Phi) is 5.36. The summed E-state index contributed by atoms with van der Waals surface area (Å²) in [5.41, 5.74) is 1.83. The third kappa shape index (κ3) is 3.10. The fourth-order valence-electron chi connectivity index (χ4n) is 3.92. The zero-order valence-corrected chi connectivity index (χ0v) is 15.3. The summed E-state index contributed by atoms with van der Waals surface area (Å²) in [6.07, 6.45) is 2.70. The molecule has 0 fully saturated rings. The molecule has 0 aromatic heterocycles. The van der Waals surface area contributed by atoms with E-state index in [1.54, 1.807) is 13.0 Å². The lowest BCUT2D eigenvalue weighted by Gasteiger charge is -2.40. The summed E-state index contributed by atoms with van der Waals surface area (Å²) in [7, 11) is 0. The maximum atomic E-state index is 13.3. The molecule has 26 heavy (non-hydrogen) atoms. The lowest BCUT2D eigenvalue weighted by atomic mass is 9.61. The normalized spacial score (nSPS) is 22.6. The van der Waals surface area contributed by atoms with Gasteiger partial charge < -0.3 is 4.74 Å². The Hall–Kier alpha value is -2.68. The number of esters is 1. The van der Waals surface area contributed by atoms with Gasteiger partial charge in [-0.05, 0) is 42.5 Å². The molecule has 0 amide bonds. The van der Waals surface area contributed by atoms with Crippen LogP contribution in [0.25, 0.3) is 5.57 Å². The average Bonchev–Trinajstić information content (AvgIpc) is 2.69. The highest BCUT2D eigenvalue weighted by molar-refractivity contribution is 6.14. The fraction of sp³-hybridized carbons (Fsp3) is 0.304. The minimum atomic E-state index is -1.16. The molecular formula is C23H24O3. The highest BCUT2D eigenvalue weighted by Crippen LogP contribution is 2.50. The molecule has 0 saturated carbocycles. The number of hydrogen-bond acceptors (Lipinski definition) is 3. The van der Waals surface area contributed by atoms with Crippen LogP contribution in [0.1, 0.15) is 43.7 Å². The van der Waals surface area contributed by atoms with Gasteiger partial charge in [-0.3, -0.25) is 9.59 Å². The predicted molar refractivity (Wildman–Crippen MR) is 103 cm³/mol. The van der Waals surface area contributed by atoms with Crippen molar-refractivity contribution < 1.29 is 14.3 Å². The molecule has 0 bridgehead atoms. The van der Waals surface area contributed by atoms with Gasteiger partial charge in [0.05, 0.1) is 6.61 Å². The first-order valence-electron chi connectivity index (χ1n) is 9.16. The van der Waals surface area contributed by atoms with Gasteiger partial charge in [0.25, 0.3) is 0 Å². The summed E-state index contributed by atoms with van der Waals surface area (Å²) in [5.74, 6) is -0.803. The Morgan fingerprint density at radius 1 is 1.04 bits per heavy atom. The van der Waals surface area contributed by atoms with Crippen LogP contribution in [0.2, 0.25) is 0 Å². The molecule has 3 nitrogen and oxygen atoms in total. The summed E-state index contributed by atoms with van der Waals surface area (Å²) in [4.78, 5) is 26.2. The number of allylic oxidation sites excluding steroid dienone is 2. The van der Waals surface area contributed by atoms with E-state index in [0.29, 0.717) is 12.8 Å². The molecule has 0 heterocycles. The molecule has 0 aliphatic heterocycles. The molecule has 1 aliphatic carbocycles. The van der Waals surface area contributed by atoms with Crippen LogP contribution >= 0.6 is 0 Å². The molecular weight excluding hydrogens is 324 g/mol. The second-order valence-electron chi connectivity index (χ2n) is 6.61. The number of carbonyl (C=O) groups is 2. The van der Waals surface area contributed by atoms with Gasteiger partial charge >= 0.3 is 5.97 Å². The van der Waals surface area contributed by atoms with Crippen LogP contribution < -0.4 is 0 Å². The van der Waals surface area contributed by atoms with Gasteiger partial charge in [0.15, 0.2) is 5.78 Å². The molecule has 2 atom stereocenters. The fourth-order valence-corrected chi connectivity index (χ4v) is 3.92. The van der Waals surface area contributed by atoms with E-state index in [1.165, 1.54) is 0 Å². The van der Waals surface area contributed by atoms with Crippen LogP contribution in [0, 0.1) is 5.41 Å². The number of hydrogen-bond donors (Lipinski definition) is 0. The zero-order chi connectivity index (χ0) is 18.6. The number of carbonyl (C=O) groups excluding carboxylic acids is 2. The molecule has 0 spiro atoms. The summed E-state index contributed by atoms with van der Waals surface area (Å²) >= 11 is 0. The van der Waals surface area contributed by atoms with Gasteiger partial charge in [0.2, 0.25) is 0 Å². The van der Waals surface area contributed by atoms with E-state index < -0.39 is 11.4 Å². The molecule has 0 N–H and O–H groups in total. The quantitative estimate of drug-likeness (QED) is 0.576. The molecule has 3 heteroatoms. The molecule has 2 aromatic rings. The highest BCUT2D eigenvalue weighted by atomic mass is 16.5. The second-order valence-corrected chi connectivity index (χ2v) is 6.61. The van der Waals surface area contributed by atoms with E-state index in [1.807, 2.05) is 67.6 Å². The third-order valence-corrected chi connectivity index (χ3v) is 5.31. The molecule has 0 radical (unpaired) electrons. The first-order chi connectivity index (χ1) is 12.6. The highest BCUT2D eigenvalue weighted by Gasteiger charge is 2.53. The minimum absolute atomic E-state index is 0.155. The molecule has 1 aliphatic rings. The van der Waals surface area contributed by atoms with Crippen LogP contribution in [0.4, 0.5) is 0 Å². The Labute approximate surface area is 154 Å². The first kappa shape index (κ1) is 18.1. The lowest BCUT2D eigenvalue weighted by Crippen LogP contribution is -2.46. The third-order valence-electron chi connectivity index (χ3n) is 5.31. The maximum absolute atomic E-state index is 13.3. The Balaban J connectivity index is 2.13. The number of rotatable bonds is 5. The second kappa shape index (κ2) is 7.69. The van der Waals surface area contributed by atoms with Crippen molar-refractivity contribution in [1.29, 1.82) is 0 Å². The van der Waals surface area contributed by atoms with Crippen molar-refractivity contribution in [2.75, 3.05) is 6.61 Å². The van der Waals surface area contributed by atoms with Gasteiger partial charge in [-0.25, -0.2) is 0 Å². The van der Waals surface area contributed by atoms with E-state index in [4.69, 9.17) is 4.74 Å². The minimum Gasteiger partial charge on any atom is -0.465 e. The van der Waals surface area contributed by atoms with Gasteiger partial charge in [-0.2, -0.15) is 0 Å². The molecule has 0 saturated heterocycles. The summed E-state index contributed by atoms with van der Waals surface area (Å²) in [5, 5.41) is 0. The Morgan fingerprint density at radius 2 is 1.65 bits per heavy atom. The Bertz CT molecular complexity index is 808. The van der Waals surface area contributed by atoms with Crippen molar-refractivity contribution in [3.63, 3.8) is 0 Å². The standard InChI is InChI=1S/C23H24O3/c1-3-23(22(25)26-4-2)20(18-13-9-6-10-14-18)15-19(16-21(23)24)17-11-7-5-8-12-17/h5-14,16,20H,3-4,15H2,1-2H3/t20-,23-/m0/s1. The van der Waals surface area contributed by atoms with E-state index >= 15 is 0 Å². The molecule has 3 rings (SSSR count). The number of benzene rings is 2. The van der Waals surface area contributed by atoms with Gasteiger partial charge in [-0.15, -0.1) is 0 Å². The average molecular weight is 348 g/mol. The van der Waals surface area contributed by atoms with E-state index in [2.05, 4.69) is 0 Å².